The molecule has 0 spiro atoms. The lowest BCUT2D eigenvalue weighted by Gasteiger charge is -2.32. The van der Waals surface area contributed by atoms with Crippen molar-refractivity contribution in [2.24, 2.45) is 13.0 Å². The van der Waals surface area contributed by atoms with Gasteiger partial charge in [-0.2, -0.15) is 5.10 Å². The molecule has 1 aromatic heterocycles. The fourth-order valence-electron chi connectivity index (χ4n) is 6.34. The topological polar surface area (TPSA) is 117 Å². The molecule has 5 rings (SSSR count). The Bertz CT molecular complexity index is 1370. The number of nitrogens with zero attached hydrogens (tertiary/aromatic N) is 4. The number of halogens is 1. The van der Waals surface area contributed by atoms with Crippen molar-refractivity contribution in [1.29, 1.82) is 0 Å². The maximum atomic E-state index is 14.8. The molecule has 10 nitrogen and oxygen atoms in total. The van der Waals surface area contributed by atoms with Crippen molar-refractivity contribution in [1.82, 2.24) is 30.2 Å². The molecular weight excluding hydrogens is 539 g/mol. The number of rotatable bonds is 2. The first kappa shape index (κ1) is 29.7. The third kappa shape index (κ3) is 6.19. The molecule has 1 aromatic carbocycles. The lowest BCUT2D eigenvalue weighted by Crippen LogP contribution is -2.55. The molecule has 2 aromatic rings. The van der Waals surface area contributed by atoms with E-state index in [1.165, 1.54) is 15.9 Å². The minimum absolute atomic E-state index is 0.0442. The van der Waals surface area contributed by atoms with Gasteiger partial charge in [-0.1, -0.05) is 19.9 Å². The summed E-state index contributed by atoms with van der Waals surface area (Å²) in [6, 6.07) is 3.26. The number of hydrogen-bond donors (Lipinski definition) is 2. The molecule has 0 radical (unpaired) electrons. The van der Waals surface area contributed by atoms with Crippen LogP contribution in [0.5, 0.6) is 0 Å². The van der Waals surface area contributed by atoms with Crippen LogP contribution in [0.2, 0.25) is 0 Å². The molecule has 3 aliphatic rings. The number of amides is 4. The quantitative estimate of drug-likeness (QED) is 0.566. The van der Waals surface area contributed by atoms with E-state index < -0.39 is 23.8 Å². The Hall–Kier alpha value is -3.76. The zero-order chi connectivity index (χ0) is 30.0. The van der Waals surface area contributed by atoms with Gasteiger partial charge in [-0.25, -0.2) is 4.39 Å². The van der Waals surface area contributed by atoms with Crippen molar-refractivity contribution in [2.45, 2.75) is 77.3 Å². The van der Waals surface area contributed by atoms with Crippen LogP contribution in [0.3, 0.4) is 0 Å². The van der Waals surface area contributed by atoms with Crippen LogP contribution in [0.25, 0.3) is 0 Å². The van der Waals surface area contributed by atoms with Crippen LogP contribution < -0.4 is 10.6 Å². The Balaban J connectivity index is 1.46. The third-order valence-corrected chi connectivity index (χ3v) is 8.73. The summed E-state index contributed by atoms with van der Waals surface area (Å²) in [4.78, 5) is 57.3. The Morgan fingerprint density at radius 1 is 1.07 bits per heavy atom. The molecule has 42 heavy (non-hydrogen) atoms. The van der Waals surface area contributed by atoms with Crippen molar-refractivity contribution >= 4 is 23.6 Å². The fraction of sp³-hybridized carbons (Fsp3) is 0.581. The molecule has 2 aliphatic heterocycles. The minimum atomic E-state index is -0.742. The Morgan fingerprint density at radius 2 is 1.86 bits per heavy atom. The molecule has 3 heterocycles. The third-order valence-electron chi connectivity index (χ3n) is 8.73. The van der Waals surface area contributed by atoms with E-state index in [-0.39, 0.29) is 42.3 Å². The molecule has 0 unspecified atom stereocenters. The SMILES string of the molecule is CC(C)[C@@H]1CN(C(=O)c2c3c(nn2C)CCCC3)CC(=O)NCCCc2ccc(F)c(c2)C(=O)N2CCC[C@H]2C(=O)N1. The highest BCUT2D eigenvalue weighted by Gasteiger charge is 2.38. The number of aromatic nitrogens is 2. The second-order valence-corrected chi connectivity index (χ2v) is 12.1. The van der Waals surface area contributed by atoms with Gasteiger partial charge in [0.2, 0.25) is 11.8 Å². The summed E-state index contributed by atoms with van der Waals surface area (Å²) in [5, 5.41) is 10.6. The van der Waals surface area contributed by atoms with E-state index in [2.05, 4.69) is 15.7 Å². The average Bonchev–Trinajstić information content (AvgIpc) is 3.58. The molecule has 2 bridgehead atoms. The first-order valence-electron chi connectivity index (χ1n) is 15.1. The number of hydrogen-bond acceptors (Lipinski definition) is 5. The van der Waals surface area contributed by atoms with E-state index in [9.17, 15) is 23.6 Å². The zero-order valence-electron chi connectivity index (χ0n) is 24.7. The van der Waals surface area contributed by atoms with Gasteiger partial charge in [0.1, 0.15) is 17.6 Å². The second-order valence-electron chi connectivity index (χ2n) is 12.1. The summed E-state index contributed by atoms with van der Waals surface area (Å²) in [7, 11) is 1.76. The van der Waals surface area contributed by atoms with Gasteiger partial charge in [0.25, 0.3) is 11.8 Å². The van der Waals surface area contributed by atoms with Crippen LogP contribution in [-0.2, 0) is 35.9 Å². The van der Waals surface area contributed by atoms with Crippen molar-refractivity contribution < 1.29 is 23.6 Å². The van der Waals surface area contributed by atoms with Crippen molar-refractivity contribution in [2.75, 3.05) is 26.2 Å². The van der Waals surface area contributed by atoms with Crippen molar-refractivity contribution in [3.63, 3.8) is 0 Å². The molecule has 2 N–H and O–H groups in total. The van der Waals surface area contributed by atoms with Crippen molar-refractivity contribution in [3.8, 4) is 0 Å². The molecule has 4 amide bonds. The Kier molecular flexibility index (Phi) is 8.93. The lowest BCUT2D eigenvalue weighted by atomic mass is 9.95. The number of carbonyl (C=O) groups is 4. The minimum Gasteiger partial charge on any atom is -0.355 e. The Morgan fingerprint density at radius 3 is 2.64 bits per heavy atom. The zero-order valence-corrected chi connectivity index (χ0v) is 24.7. The first-order valence-corrected chi connectivity index (χ1v) is 15.1. The summed E-state index contributed by atoms with van der Waals surface area (Å²) >= 11 is 0. The van der Waals surface area contributed by atoms with Gasteiger partial charge < -0.3 is 20.4 Å². The number of benzene rings is 1. The fourth-order valence-corrected chi connectivity index (χ4v) is 6.34. The maximum absolute atomic E-state index is 14.8. The largest absolute Gasteiger partial charge is 0.355 e. The molecule has 11 heteroatoms. The van der Waals surface area contributed by atoms with Gasteiger partial charge in [0.15, 0.2) is 0 Å². The van der Waals surface area contributed by atoms with Gasteiger partial charge in [0.05, 0.1) is 17.8 Å². The van der Waals surface area contributed by atoms with Gasteiger partial charge in [-0.3, -0.25) is 23.9 Å². The predicted octanol–water partition coefficient (Wildman–Crippen LogP) is 2.39. The van der Waals surface area contributed by atoms with E-state index in [0.717, 1.165) is 42.5 Å². The number of carbonyl (C=O) groups excluding carboxylic acids is 4. The normalized spacial score (nSPS) is 22.4. The second kappa shape index (κ2) is 12.6. The van der Waals surface area contributed by atoms with E-state index in [1.807, 2.05) is 13.8 Å². The monoisotopic (exact) mass is 580 g/mol. The first-order chi connectivity index (χ1) is 20.1. The van der Waals surface area contributed by atoms with E-state index in [1.54, 1.807) is 23.9 Å². The van der Waals surface area contributed by atoms with Crippen LogP contribution in [0.4, 0.5) is 4.39 Å². The summed E-state index contributed by atoms with van der Waals surface area (Å²) < 4.78 is 16.4. The molecule has 1 saturated heterocycles. The van der Waals surface area contributed by atoms with E-state index in [4.69, 9.17) is 0 Å². The Labute approximate surface area is 246 Å². The van der Waals surface area contributed by atoms with Crippen LogP contribution in [0.1, 0.15) is 83.6 Å². The highest BCUT2D eigenvalue weighted by atomic mass is 19.1. The highest BCUT2D eigenvalue weighted by molar-refractivity contribution is 5.99. The van der Waals surface area contributed by atoms with E-state index >= 15 is 0 Å². The molecule has 1 fully saturated rings. The van der Waals surface area contributed by atoms with Crippen LogP contribution in [0.15, 0.2) is 18.2 Å². The van der Waals surface area contributed by atoms with Crippen LogP contribution in [0, 0.1) is 11.7 Å². The summed E-state index contributed by atoms with van der Waals surface area (Å²) in [5.74, 6) is -2.11. The van der Waals surface area contributed by atoms with Crippen molar-refractivity contribution in [3.05, 3.63) is 52.1 Å². The summed E-state index contributed by atoms with van der Waals surface area (Å²) in [5.41, 5.74) is 3.10. The van der Waals surface area contributed by atoms with Gasteiger partial charge >= 0.3 is 0 Å². The number of nitrogens with one attached hydrogen (secondary N) is 2. The van der Waals surface area contributed by atoms with Crippen LogP contribution >= 0.6 is 0 Å². The van der Waals surface area contributed by atoms with Gasteiger partial charge in [0, 0.05) is 38.3 Å². The summed E-state index contributed by atoms with van der Waals surface area (Å²) in [6.07, 6.45) is 5.81. The number of aryl methyl sites for hydroxylation is 3. The molecule has 2 atom stereocenters. The standard InChI is InChI=1S/C31H41FN6O4/c1-19(2)25-17-37(31(42)28-21-9-4-5-10-24(21)35-36(28)3)18-27(39)33-14-6-8-20-12-13-23(32)22(16-20)30(41)38-15-7-11-26(38)29(40)34-25/h12-13,16,19,25-26H,4-11,14-15,17-18H2,1-3H3,(H,33,39)(H,34,40)/t25-,26-/m0/s1. The summed E-state index contributed by atoms with van der Waals surface area (Å²) in [6.45, 7) is 4.57. The number of fused-ring (bicyclic) bond motifs is 4. The molecule has 0 saturated carbocycles. The van der Waals surface area contributed by atoms with Gasteiger partial charge in [-0.05, 0) is 75.0 Å². The lowest BCUT2D eigenvalue weighted by molar-refractivity contribution is -0.126. The highest BCUT2D eigenvalue weighted by Crippen LogP contribution is 2.26. The maximum Gasteiger partial charge on any atom is 0.272 e. The molecule has 226 valence electrons. The van der Waals surface area contributed by atoms with Gasteiger partial charge in [-0.15, -0.1) is 0 Å². The predicted molar refractivity (Wildman–Crippen MR) is 154 cm³/mol. The smallest absolute Gasteiger partial charge is 0.272 e. The molecule has 1 aliphatic carbocycles. The average molecular weight is 581 g/mol. The van der Waals surface area contributed by atoms with E-state index in [0.29, 0.717) is 44.5 Å². The molecular formula is C31H41FN6O4. The van der Waals surface area contributed by atoms with Crippen LogP contribution in [-0.4, -0.2) is 81.5 Å².